The van der Waals surface area contributed by atoms with Gasteiger partial charge in [0.1, 0.15) is 11.6 Å². The normalized spacial score (nSPS) is 10.4. The fraction of sp³-hybridized carbons (Fsp3) is 0.167. The van der Waals surface area contributed by atoms with Crippen molar-refractivity contribution in [3.63, 3.8) is 0 Å². The van der Waals surface area contributed by atoms with Crippen LogP contribution in [0.3, 0.4) is 0 Å². The number of benzene rings is 1. The molecule has 0 aliphatic carbocycles. The highest BCUT2D eigenvalue weighted by Gasteiger charge is 2.04. The summed E-state index contributed by atoms with van der Waals surface area (Å²) in [4.78, 5) is 0. The molecule has 2 rings (SSSR count). The average Bonchev–Trinajstić information content (AvgIpc) is 2.66. The van der Waals surface area contributed by atoms with Gasteiger partial charge >= 0.3 is 0 Å². The van der Waals surface area contributed by atoms with Crippen molar-refractivity contribution in [1.82, 2.24) is 0 Å². The van der Waals surface area contributed by atoms with Crippen LogP contribution in [0.1, 0.15) is 11.3 Å². The third-order valence-corrected chi connectivity index (χ3v) is 3.04. The van der Waals surface area contributed by atoms with Crippen molar-refractivity contribution in [2.24, 2.45) is 0 Å². The van der Waals surface area contributed by atoms with E-state index in [0.29, 0.717) is 6.54 Å². The lowest BCUT2D eigenvalue weighted by molar-refractivity contribution is 0.516. The van der Waals surface area contributed by atoms with Crippen molar-refractivity contribution in [2.75, 3.05) is 5.32 Å². The second kappa shape index (κ2) is 4.70. The smallest absolute Gasteiger partial charge is 0.136 e. The molecule has 0 spiro atoms. The molecule has 1 N–H and O–H groups in total. The van der Waals surface area contributed by atoms with Gasteiger partial charge in [-0.1, -0.05) is 6.07 Å². The summed E-state index contributed by atoms with van der Waals surface area (Å²) in [7, 11) is 0. The average molecular weight is 284 g/mol. The lowest BCUT2D eigenvalue weighted by Crippen LogP contribution is -2.00. The molecule has 0 aliphatic heterocycles. The summed E-state index contributed by atoms with van der Waals surface area (Å²) in [5.41, 5.74) is 1.78. The lowest BCUT2D eigenvalue weighted by Gasteiger charge is -2.08. The number of aryl methyl sites for hydroxylation is 1. The van der Waals surface area contributed by atoms with Gasteiger partial charge in [0.05, 0.1) is 17.3 Å². The monoisotopic (exact) mass is 283 g/mol. The summed E-state index contributed by atoms with van der Waals surface area (Å²) >= 11 is 3.36. The van der Waals surface area contributed by atoms with E-state index < -0.39 is 0 Å². The molecule has 0 saturated carbocycles. The third-order valence-electron chi connectivity index (χ3n) is 2.33. The standard InChI is InChI=1S/C12H11BrFNO/c1-8-2-3-9(14)6-11(8)15-7-12-10(13)4-5-16-12/h2-6,15H,7H2,1H3. The molecule has 0 radical (unpaired) electrons. The zero-order valence-electron chi connectivity index (χ0n) is 8.76. The molecule has 1 aromatic carbocycles. The minimum atomic E-state index is -0.244. The molecule has 4 heteroatoms. The summed E-state index contributed by atoms with van der Waals surface area (Å²) in [5, 5.41) is 3.13. The topological polar surface area (TPSA) is 25.2 Å². The lowest BCUT2D eigenvalue weighted by atomic mass is 10.2. The van der Waals surface area contributed by atoms with Crippen LogP contribution in [0.15, 0.2) is 39.4 Å². The maximum atomic E-state index is 13.0. The van der Waals surface area contributed by atoms with Crippen LogP contribution in [0.2, 0.25) is 0 Å². The first kappa shape index (κ1) is 11.2. The number of hydrogen-bond acceptors (Lipinski definition) is 2. The Bertz CT molecular complexity index is 496. The SMILES string of the molecule is Cc1ccc(F)cc1NCc1occc1Br. The Labute approximate surface area is 102 Å². The highest BCUT2D eigenvalue weighted by molar-refractivity contribution is 9.10. The van der Waals surface area contributed by atoms with Crippen LogP contribution in [0, 0.1) is 12.7 Å². The maximum absolute atomic E-state index is 13.0. The molecule has 0 amide bonds. The van der Waals surface area contributed by atoms with Crippen LogP contribution >= 0.6 is 15.9 Å². The Hall–Kier alpha value is -1.29. The Kier molecular flexibility index (Phi) is 3.29. The molecular formula is C12H11BrFNO. The number of rotatable bonds is 3. The molecule has 0 saturated heterocycles. The van der Waals surface area contributed by atoms with Gasteiger partial charge in [0.2, 0.25) is 0 Å². The van der Waals surface area contributed by atoms with Gasteiger partial charge in [-0.25, -0.2) is 4.39 Å². The van der Waals surface area contributed by atoms with Crippen LogP contribution < -0.4 is 5.32 Å². The Morgan fingerprint density at radius 2 is 2.19 bits per heavy atom. The van der Waals surface area contributed by atoms with Crippen LogP contribution in [-0.2, 0) is 6.54 Å². The van der Waals surface area contributed by atoms with E-state index in [2.05, 4.69) is 21.2 Å². The third kappa shape index (κ3) is 2.44. The second-order valence-electron chi connectivity index (χ2n) is 3.50. The fourth-order valence-corrected chi connectivity index (χ4v) is 1.75. The van der Waals surface area contributed by atoms with Gasteiger partial charge in [0.25, 0.3) is 0 Å². The molecule has 0 bridgehead atoms. The van der Waals surface area contributed by atoms with Gasteiger partial charge in [-0.05, 0) is 46.6 Å². The molecule has 0 unspecified atom stereocenters. The first-order chi connectivity index (χ1) is 7.66. The van der Waals surface area contributed by atoms with Crippen molar-refractivity contribution in [2.45, 2.75) is 13.5 Å². The number of nitrogens with one attached hydrogen (secondary N) is 1. The van der Waals surface area contributed by atoms with Gasteiger partial charge in [-0.15, -0.1) is 0 Å². The minimum Gasteiger partial charge on any atom is -0.466 e. The maximum Gasteiger partial charge on any atom is 0.136 e. The molecule has 16 heavy (non-hydrogen) atoms. The van der Waals surface area contributed by atoms with E-state index in [9.17, 15) is 4.39 Å². The highest BCUT2D eigenvalue weighted by atomic mass is 79.9. The van der Waals surface area contributed by atoms with Crippen molar-refractivity contribution < 1.29 is 8.81 Å². The molecule has 1 aromatic heterocycles. The number of anilines is 1. The highest BCUT2D eigenvalue weighted by Crippen LogP contribution is 2.21. The number of furan rings is 1. The molecule has 84 valence electrons. The van der Waals surface area contributed by atoms with Crippen LogP contribution in [0.25, 0.3) is 0 Å². The summed E-state index contributed by atoms with van der Waals surface area (Å²) in [5.74, 6) is 0.551. The molecule has 2 nitrogen and oxygen atoms in total. The fourth-order valence-electron chi connectivity index (χ4n) is 1.41. The van der Waals surface area contributed by atoms with E-state index in [0.717, 1.165) is 21.5 Å². The zero-order chi connectivity index (χ0) is 11.5. The largest absolute Gasteiger partial charge is 0.466 e. The molecule has 2 aromatic rings. The van der Waals surface area contributed by atoms with Crippen molar-refractivity contribution in [1.29, 1.82) is 0 Å². The Morgan fingerprint density at radius 3 is 2.88 bits per heavy atom. The van der Waals surface area contributed by atoms with Gasteiger partial charge in [-0.2, -0.15) is 0 Å². The molecule has 0 aliphatic rings. The molecule has 0 atom stereocenters. The van der Waals surface area contributed by atoms with Crippen molar-refractivity contribution in [3.05, 3.63) is 52.1 Å². The summed E-state index contributed by atoms with van der Waals surface area (Å²) in [6.07, 6.45) is 1.61. The summed E-state index contributed by atoms with van der Waals surface area (Å²) < 4.78 is 19.2. The summed E-state index contributed by atoms with van der Waals surface area (Å²) in [6.45, 7) is 2.46. The van der Waals surface area contributed by atoms with E-state index >= 15 is 0 Å². The van der Waals surface area contributed by atoms with E-state index in [-0.39, 0.29) is 5.82 Å². The van der Waals surface area contributed by atoms with Gasteiger partial charge < -0.3 is 9.73 Å². The summed E-state index contributed by atoms with van der Waals surface area (Å²) in [6, 6.07) is 6.50. The molecule has 0 fully saturated rings. The second-order valence-corrected chi connectivity index (χ2v) is 4.36. The number of hydrogen-bond donors (Lipinski definition) is 1. The molecular weight excluding hydrogens is 273 g/mol. The Morgan fingerprint density at radius 1 is 1.38 bits per heavy atom. The van der Waals surface area contributed by atoms with Crippen LogP contribution in [0.4, 0.5) is 10.1 Å². The van der Waals surface area contributed by atoms with E-state index in [1.165, 1.54) is 12.1 Å². The van der Waals surface area contributed by atoms with Crippen molar-refractivity contribution in [3.8, 4) is 0 Å². The van der Waals surface area contributed by atoms with Gasteiger partial charge in [0.15, 0.2) is 0 Å². The minimum absolute atomic E-state index is 0.244. The first-order valence-electron chi connectivity index (χ1n) is 4.88. The van der Waals surface area contributed by atoms with Gasteiger partial charge in [0, 0.05) is 5.69 Å². The van der Waals surface area contributed by atoms with E-state index in [4.69, 9.17) is 4.42 Å². The number of halogens is 2. The quantitative estimate of drug-likeness (QED) is 0.917. The van der Waals surface area contributed by atoms with Crippen LogP contribution in [0.5, 0.6) is 0 Å². The zero-order valence-corrected chi connectivity index (χ0v) is 10.3. The van der Waals surface area contributed by atoms with Gasteiger partial charge in [-0.3, -0.25) is 0 Å². The molecule has 1 heterocycles. The predicted octanol–water partition coefficient (Wildman–Crippen LogP) is 4.10. The van der Waals surface area contributed by atoms with Crippen molar-refractivity contribution >= 4 is 21.6 Å². The Balaban J connectivity index is 2.10. The predicted molar refractivity (Wildman–Crippen MR) is 64.9 cm³/mol. The first-order valence-corrected chi connectivity index (χ1v) is 5.68. The van der Waals surface area contributed by atoms with Crippen LogP contribution in [-0.4, -0.2) is 0 Å². The van der Waals surface area contributed by atoms with E-state index in [1.54, 1.807) is 12.3 Å². The van der Waals surface area contributed by atoms with E-state index in [1.807, 2.05) is 13.0 Å².